The van der Waals surface area contributed by atoms with Gasteiger partial charge in [0.25, 0.3) is 0 Å². The minimum atomic E-state index is -1.51. The second-order valence-corrected chi connectivity index (χ2v) is 12.5. The van der Waals surface area contributed by atoms with Crippen LogP contribution in [0.1, 0.15) is 73.1 Å². The van der Waals surface area contributed by atoms with Crippen molar-refractivity contribution < 1.29 is 58.5 Å². The van der Waals surface area contributed by atoms with Gasteiger partial charge in [0.15, 0.2) is 0 Å². The predicted octanol–water partition coefficient (Wildman–Crippen LogP) is -2.49. The van der Waals surface area contributed by atoms with Gasteiger partial charge in [-0.25, -0.2) is 4.79 Å². The van der Waals surface area contributed by atoms with Crippen molar-refractivity contribution in [3.05, 3.63) is 0 Å². The summed E-state index contributed by atoms with van der Waals surface area (Å²) in [5, 5.41) is 40.0. The fourth-order valence-electron chi connectivity index (χ4n) is 5.04. The van der Waals surface area contributed by atoms with Gasteiger partial charge >= 0.3 is 17.9 Å². The SMILES string of the molecule is CC(NC(=O)CN)C(=O)NC(CCC(=O)O)C(=O)NC(CCC(=O)O)C(=O)N1CCCC1C(=O)NC(C(=O)NC(C(=O)O)C(C)C)C(C)C. The molecular weight excluding hydrogens is 650 g/mol. The Labute approximate surface area is 283 Å². The van der Waals surface area contributed by atoms with Gasteiger partial charge in [0, 0.05) is 19.4 Å². The van der Waals surface area contributed by atoms with Crippen LogP contribution in [0.25, 0.3) is 0 Å². The summed E-state index contributed by atoms with van der Waals surface area (Å²) in [5.74, 6) is -9.60. The maximum atomic E-state index is 13.8. The average Bonchev–Trinajstić information content (AvgIpc) is 3.51. The highest BCUT2D eigenvalue weighted by Crippen LogP contribution is 2.21. The number of rotatable bonds is 20. The molecule has 1 aliphatic rings. The third-order valence-corrected chi connectivity index (χ3v) is 7.81. The molecule has 19 nitrogen and oxygen atoms in total. The molecule has 276 valence electrons. The highest BCUT2D eigenvalue weighted by atomic mass is 16.4. The molecule has 0 aromatic rings. The van der Waals surface area contributed by atoms with Crippen LogP contribution >= 0.6 is 0 Å². The van der Waals surface area contributed by atoms with E-state index in [1.165, 1.54) is 6.92 Å². The van der Waals surface area contributed by atoms with Crippen molar-refractivity contribution in [2.24, 2.45) is 17.6 Å². The topological polar surface area (TPSA) is 304 Å². The van der Waals surface area contributed by atoms with Crippen molar-refractivity contribution in [1.29, 1.82) is 0 Å². The first-order valence-electron chi connectivity index (χ1n) is 16.0. The van der Waals surface area contributed by atoms with Crippen molar-refractivity contribution >= 4 is 53.4 Å². The maximum absolute atomic E-state index is 13.8. The molecule has 0 bridgehead atoms. The first-order chi connectivity index (χ1) is 22.8. The molecule has 0 aliphatic carbocycles. The number of carboxylic acid groups (broad SMARTS) is 3. The first kappa shape index (κ1) is 42.2. The zero-order valence-electron chi connectivity index (χ0n) is 28.3. The van der Waals surface area contributed by atoms with Crippen LogP contribution in [0, 0.1) is 11.8 Å². The Kier molecular flexibility index (Phi) is 17.1. The van der Waals surface area contributed by atoms with E-state index in [1.807, 2.05) is 0 Å². The van der Waals surface area contributed by atoms with E-state index in [4.69, 9.17) is 5.73 Å². The number of carbonyl (C=O) groups is 9. The fraction of sp³-hybridized carbons (Fsp3) is 0.700. The van der Waals surface area contributed by atoms with Gasteiger partial charge in [-0.3, -0.25) is 38.4 Å². The van der Waals surface area contributed by atoms with Gasteiger partial charge in [-0.05, 0) is 44.4 Å². The van der Waals surface area contributed by atoms with Crippen molar-refractivity contribution in [3.63, 3.8) is 0 Å². The van der Waals surface area contributed by atoms with Crippen LogP contribution in [0.2, 0.25) is 0 Å². The molecule has 0 spiro atoms. The Bertz CT molecular complexity index is 1260. The lowest BCUT2D eigenvalue weighted by molar-refractivity contribution is -0.145. The summed E-state index contributed by atoms with van der Waals surface area (Å²) >= 11 is 0. The van der Waals surface area contributed by atoms with Gasteiger partial charge in [-0.15, -0.1) is 0 Å². The Morgan fingerprint density at radius 2 is 1.22 bits per heavy atom. The summed E-state index contributed by atoms with van der Waals surface area (Å²) in [6.45, 7) is 7.41. The number of carboxylic acids is 3. The quantitative estimate of drug-likeness (QED) is 0.0636. The Hall–Kier alpha value is -4.81. The second-order valence-electron chi connectivity index (χ2n) is 12.5. The van der Waals surface area contributed by atoms with Gasteiger partial charge < -0.3 is 52.5 Å². The van der Waals surface area contributed by atoms with Crippen LogP contribution in [0.4, 0.5) is 0 Å². The van der Waals surface area contributed by atoms with Crippen molar-refractivity contribution in [2.45, 2.75) is 109 Å². The van der Waals surface area contributed by atoms with E-state index in [1.54, 1.807) is 27.7 Å². The summed E-state index contributed by atoms with van der Waals surface area (Å²) in [6.07, 6.45) is -1.48. The average molecular weight is 700 g/mol. The zero-order valence-corrected chi connectivity index (χ0v) is 28.3. The molecule has 1 rings (SSSR count). The molecular formula is C30H49N7O12. The summed E-state index contributed by atoms with van der Waals surface area (Å²) in [6, 6.07) is -7.69. The molecule has 0 aromatic carbocycles. The molecule has 6 amide bonds. The van der Waals surface area contributed by atoms with Crippen LogP contribution in [0.3, 0.4) is 0 Å². The lowest BCUT2D eigenvalue weighted by Gasteiger charge is -2.31. The molecule has 1 saturated heterocycles. The number of hydrogen-bond acceptors (Lipinski definition) is 10. The summed E-state index contributed by atoms with van der Waals surface area (Å²) < 4.78 is 0. The standard InChI is InChI=1S/C30H49N7O12/c1-14(2)23(28(46)36-24(15(3)4)30(48)49)35-27(45)19-7-6-12-37(19)29(47)18(9-11-22(41)42)34-26(44)17(8-10-21(39)40)33-25(43)16(5)32-20(38)13-31/h14-19,23-24H,6-13,31H2,1-5H3,(H,32,38)(H,33,43)(H,34,44)(H,35,45)(H,36,46)(H,39,40)(H,41,42)(H,48,49). The minimum absolute atomic E-state index is 0.0425. The molecule has 0 radical (unpaired) electrons. The van der Waals surface area contributed by atoms with E-state index < -0.39 is 134 Å². The molecule has 49 heavy (non-hydrogen) atoms. The summed E-state index contributed by atoms with van der Waals surface area (Å²) in [5.41, 5.74) is 5.24. The third kappa shape index (κ3) is 13.7. The minimum Gasteiger partial charge on any atom is -0.481 e. The summed E-state index contributed by atoms with van der Waals surface area (Å²) in [7, 11) is 0. The van der Waals surface area contributed by atoms with Crippen LogP contribution in [0.15, 0.2) is 0 Å². The molecule has 10 N–H and O–H groups in total. The predicted molar refractivity (Wildman–Crippen MR) is 170 cm³/mol. The second kappa shape index (κ2) is 19.9. The van der Waals surface area contributed by atoms with Crippen molar-refractivity contribution in [2.75, 3.05) is 13.1 Å². The molecule has 0 aromatic heterocycles. The van der Waals surface area contributed by atoms with Crippen molar-refractivity contribution in [3.8, 4) is 0 Å². The van der Waals surface area contributed by atoms with Gasteiger partial charge in [0.1, 0.15) is 36.3 Å². The van der Waals surface area contributed by atoms with E-state index in [0.29, 0.717) is 6.42 Å². The van der Waals surface area contributed by atoms with E-state index in [9.17, 15) is 58.5 Å². The van der Waals surface area contributed by atoms with Crippen LogP contribution in [0.5, 0.6) is 0 Å². The van der Waals surface area contributed by atoms with E-state index in [0.717, 1.165) is 4.90 Å². The van der Waals surface area contributed by atoms with Crippen LogP contribution in [-0.4, -0.2) is 123 Å². The number of likely N-dealkylation sites (tertiary alicyclic amines) is 1. The number of aliphatic carboxylic acids is 3. The van der Waals surface area contributed by atoms with E-state index >= 15 is 0 Å². The normalized spacial score (nSPS) is 17.2. The number of carbonyl (C=O) groups excluding carboxylic acids is 6. The largest absolute Gasteiger partial charge is 0.481 e. The molecule has 6 atom stereocenters. The Morgan fingerprint density at radius 3 is 1.71 bits per heavy atom. The van der Waals surface area contributed by atoms with E-state index in [2.05, 4.69) is 26.6 Å². The molecule has 1 heterocycles. The van der Waals surface area contributed by atoms with Crippen LogP contribution < -0.4 is 32.3 Å². The molecule has 19 heteroatoms. The van der Waals surface area contributed by atoms with Gasteiger partial charge in [0.05, 0.1) is 6.54 Å². The monoisotopic (exact) mass is 699 g/mol. The van der Waals surface area contributed by atoms with Crippen LogP contribution in [-0.2, 0) is 43.2 Å². The zero-order chi connectivity index (χ0) is 37.6. The number of hydrogen-bond donors (Lipinski definition) is 9. The van der Waals surface area contributed by atoms with Gasteiger partial charge in [0.2, 0.25) is 35.4 Å². The number of nitrogens with one attached hydrogen (secondary N) is 5. The fourth-order valence-corrected chi connectivity index (χ4v) is 5.04. The lowest BCUT2D eigenvalue weighted by Crippen LogP contribution is -2.60. The van der Waals surface area contributed by atoms with Gasteiger partial charge in [-0.1, -0.05) is 27.7 Å². The Balaban J connectivity index is 3.23. The van der Waals surface area contributed by atoms with Gasteiger partial charge in [-0.2, -0.15) is 0 Å². The number of nitrogens with two attached hydrogens (primary N) is 1. The molecule has 1 fully saturated rings. The first-order valence-corrected chi connectivity index (χ1v) is 16.0. The lowest BCUT2D eigenvalue weighted by atomic mass is 9.99. The molecule has 0 saturated carbocycles. The summed E-state index contributed by atoms with van der Waals surface area (Å²) in [4.78, 5) is 113. The highest BCUT2D eigenvalue weighted by Gasteiger charge is 2.40. The van der Waals surface area contributed by atoms with Crippen molar-refractivity contribution in [1.82, 2.24) is 31.5 Å². The molecule has 6 unspecified atom stereocenters. The number of nitrogens with zero attached hydrogens (tertiary/aromatic N) is 1. The molecule has 1 aliphatic heterocycles. The smallest absolute Gasteiger partial charge is 0.326 e. The maximum Gasteiger partial charge on any atom is 0.326 e. The Morgan fingerprint density at radius 1 is 0.694 bits per heavy atom. The highest BCUT2D eigenvalue weighted by molar-refractivity contribution is 5.97. The van der Waals surface area contributed by atoms with E-state index in [-0.39, 0.29) is 13.0 Å². The third-order valence-electron chi connectivity index (χ3n) is 7.81. The number of amides is 6.